The van der Waals surface area contributed by atoms with Crippen LogP contribution in [0.15, 0.2) is 164 Å². The molecule has 0 amide bonds. The van der Waals surface area contributed by atoms with Crippen LogP contribution in [-0.4, -0.2) is 15.0 Å². The fraction of sp³-hybridized carbons (Fsp3) is 0. The Balaban J connectivity index is 1.30. The summed E-state index contributed by atoms with van der Waals surface area (Å²) in [7, 11) is 0. The molecule has 0 N–H and O–H groups in total. The summed E-state index contributed by atoms with van der Waals surface area (Å²) >= 11 is 0. The van der Waals surface area contributed by atoms with E-state index in [1.165, 1.54) is 16.2 Å². The number of aromatic nitrogens is 3. The van der Waals surface area contributed by atoms with Crippen LogP contribution in [0.5, 0.6) is 0 Å². The molecule has 0 radical (unpaired) electrons. The van der Waals surface area contributed by atoms with Gasteiger partial charge in [-0.3, -0.25) is 0 Å². The highest BCUT2D eigenvalue weighted by Crippen LogP contribution is 2.32. The topological polar surface area (TPSA) is 38.7 Å². The highest BCUT2D eigenvalue weighted by Gasteiger charge is 2.14. The molecule has 0 atom stereocenters. The van der Waals surface area contributed by atoms with Crippen molar-refractivity contribution in [3.05, 3.63) is 164 Å². The second-order valence-corrected chi connectivity index (χ2v) is 10.9. The van der Waals surface area contributed by atoms with E-state index in [4.69, 9.17) is 15.0 Å². The largest absolute Gasteiger partial charge is 0.208 e. The number of fused-ring (bicyclic) bond motifs is 3. The van der Waals surface area contributed by atoms with Gasteiger partial charge < -0.3 is 0 Å². The van der Waals surface area contributed by atoms with E-state index in [-0.39, 0.29) is 0 Å². The lowest BCUT2D eigenvalue weighted by molar-refractivity contribution is 1.07. The molecular formula is C41H27N3. The zero-order chi connectivity index (χ0) is 29.3. The Kier molecular flexibility index (Phi) is 6.47. The Morgan fingerprint density at radius 3 is 1.27 bits per heavy atom. The fourth-order valence-electron chi connectivity index (χ4n) is 5.85. The van der Waals surface area contributed by atoms with Crippen LogP contribution < -0.4 is 0 Å². The lowest BCUT2D eigenvalue weighted by Gasteiger charge is -2.11. The van der Waals surface area contributed by atoms with Crippen LogP contribution in [0, 0.1) is 0 Å². The third-order valence-electron chi connectivity index (χ3n) is 8.09. The van der Waals surface area contributed by atoms with Gasteiger partial charge in [-0.15, -0.1) is 0 Å². The monoisotopic (exact) mass is 561 g/mol. The van der Waals surface area contributed by atoms with Gasteiger partial charge in [-0.2, -0.15) is 0 Å². The molecule has 8 rings (SSSR count). The highest BCUT2D eigenvalue weighted by molar-refractivity contribution is 6.08. The Bertz CT molecular complexity index is 2170. The summed E-state index contributed by atoms with van der Waals surface area (Å²) in [5.74, 6) is 1.94. The van der Waals surface area contributed by atoms with Gasteiger partial charge in [-0.25, -0.2) is 15.0 Å². The van der Waals surface area contributed by atoms with E-state index >= 15 is 0 Å². The fourth-order valence-corrected chi connectivity index (χ4v) is 5.85. The van der Waals surface area contributed by atoms with E-state index < -0.39 is 0 Å². The predicted molar refractivity (Wildman–Crippen MR) is 182 cm³/mol. The van der Waals surface area contributed by atoms with Crippen LogP contribution in [0.2, 0.25) is 0 Å². The summed E-state index contributed by atoms with van der Waals surface area (Å²) in [6, 6.07) is 57.0. The van der Waals surface area contributed by atoms with Crippen LogP contribution in [0.4, 0.5) is 0 Å². The summed E-state index contributed by atoms with van der Waals surface area (Å²) in [4.78, 5) is 15.2. The van der Waals surface area contributed by atoms with Gasteiger partial charge >= 0.3 is 0 Å². The maximum absolute atomic E-state index is 5.06. The van der Waals surface area contributed by atoms with Crippen molar-refractivity contribution in [2.75, 3.05) is 0 Å². The molecule has 0 aliphatic heterocycles. The van der Waals surface area contributed by atoms with Crippen molar-refractivity contribution in [2.45, 2.75) is 0 Å². The van der Waals surface area contributed by atoms with Gasteiger partial charge in [0.2, 0.25) is 0 Å². The van der Waals surface area contributed by atoms with E-state index in [0.717, 1.165) is 44.3 Å². The summed E-state index contributed by atoms with van der Waals surface area (Å²) in [6.45, 7) is 0. The van der Waals surface area contributed by atoms with Gasteiger partial charge in [0, 0.05) is 16.7 Å². The molecule has 0 aliphatic carbocycles. The molecule has 1 aromatic heterocycles. The average molecular weight is 562 g/mol. The minimum Gasteiger partial charge on any atom is -0.208 e. The van der Waals surface area contributed by atoms with Gasteiger partial charge in [0.15, 0.2) is 17.5 Å². The first-order valence-corrected chi connectivity index (χ1v) is 14.8. The van der Waals surface area contributed by atoms with Gasteiger partial charge in [0.25, 0.3) is 0 Å². The number of hydrogen-bond donors (Lipinski definition) is 0. The summed E-state index contributed by atoms with van der Waals surface area (Å²) in [5, 5.41) is 4.84. The molecular weight excluding hydrogens is 534 g/mol. The standard InChI is InChI=1S/C41H27N3/c1-3-11-28(12-4-1)31-16-9-18-34(25-31)39-42-40(35-19-10-17-32(26-35)29-13-5-2-6-14-29)44-41(43-39)36-23-24-38-33(27-36)22-21-30-15-7-8-20-37(30)38/h1-27H. The second kappa shape index (κ2) is 11.0. The summed E-state index contributed by atoms with van der Waals surface area (Å²) < 4.78 is 0. The van der Waals surface area contributed by atoms with Crippen LogP contribution in [0.3, 0.4) is 0 Å². The van der Waals surface area contributed by atoms with Crippen molar-refractivity contribution in [1.82, 2.24) is 15.0 Å². The molecule has 3 nitrogen and oxygen atoms in total. The predicted octanol–water partition coefficient (Wildman–Crippen LogP) is 10.5. The Labute approximate surface area is 256 Å². The third kappa shape index (κ3) is 4.91. The minimum absolute atomic E-state index is 0.645. The van der Waals surface area contributed by atoms with E-state index in [2.05, 4.69) is 152 Å². The van der Waals surface area contributed by atoms with Crippen molar-refractivity contribution >= 4 is 21.5 Å². The van der Waals surface area contributed by atoms with Crippen molar-refractivity contribution < 1.29 is 0 Å². The first-order chi connectivity index (χ1) is 21.8. The van der Waals surface area contributed by atoms with Crippen molar-refractivity contribution in [3.8, 4) is 56.4 Å². The number of rotatable bonds is 5. The first-order valence-electron chi connectivity index (χ1n) is 14.8. The molecule has 7 aromatic carbocycles. The molecule has 0 aliphatic rings. The van der Waals surface area contributed by atoms with Crippen molar-refractivity contribution in [3.63, 3.8) is 0 Å². The van der Waals surface area contributed by atoms with E-state index in [0.29, 0.717) is 17.5 Å². The highest BCUT2D eigenvalue weighted by atomic mass is 15.0. The lowest BCUT2D eigenvalue weighted by Crippen LogP contribution is -2.00. The van der Waals surface area contributed by atoms with Crippen LogP contribution >= 0.6 is 0 Å². The van der Waals surface area contributed by atoms with Crippen LogP contribution in [0.25, 0.3) is 78.0 Å². The van der Waals surface area contributed by atoms with Crippen LogP contribution in [-0.2, 0) is 0 Å². The molecule has 0 unspecified atom stereocenters. The average Bonchev–Trinajstić information content (AvgIpc) is 3.12. The maximum Gasteiger partial charge on any atom is 0.164 e. The molecule has 1 heterocycles. The van der Waals surface area contributed by atoms with E-state index in [1.54, 1.807) is 0 Å². The molecule has 0 bridgehead atoms. The van der Waals surface area contributed by atoms with Gasteiger partial charge in [-0.05, 0) is 62.0 Å². The molecule has 0 fully saturated rings. The van der Waals surface area contributed by atoms with Crippen LogP contribution in [0.1, 0.15) is 0 Å². The van der Waals surface area contributed by atoms with Crippen molar-refractivity contribution in [1.29, 1.82) is 0 Å². The normalized spacial score (nSPS) is 11.2. The Morgan fingerprint density at radius 2 is 0.682 bits per heavy atom. The third-order valence-corrected chi connectivity index (χ3v) is 8.09. The maximum atomic E-state index is 5.06. The molecule has 3 heteroatoms. The second-order valence-electron chi connectivity index (χ2n) is 10.9. The zero-order valence-electron chi connectivity index (χ0n) is 23.9. The number of nitrogens with zero attached hydrogens (tertiary/aromatic N) is 3. The van der Waals surface area contributed by atoms with E-state index in [9.17, 15) is 0 Å². The molecule has 0 saturated carbocycles. The van der Waals surface area contributed by atoms with Gasteiger partial charge in [0.05, 0.1) is 0 Å². The molecule has 0 spiro atoms. The summed E-state index contributed by atoms with van der Waals surface area (Å²) in [6.07, 6.45) is 0. The van der Waals surface area contributed by atoms with E-state index in [1.807, 2.05) is 12.1 Å². The van der Waals surface area contributed by atoms with Crippen molar-refractivity contribution in [2.24, 2.45) is 0 Å². The van der Waals surface area contributed by atoms with Gasteiger partial charge in [0.1, 0.15) is 0 Å². The lowest BCUT2D eigenvalue weighted by atomic mass is 10.00. The smallest absolute Gasteiger partial charge is 0.164 e. The molecule has 8 aromatic rings. The molecule has 44 heavy (non-hydrogen) atoms. The number of benzene rings is 7. The first kappa shape index (κ1) is 25.8. The number of hydrogen-bond acceptors (Lipinski definition) is 3. The minimum atomic E-state index is 0.645. The molecule has 206 valence electrons. The Hall–Kier alpha value is -5.93. The molecule has 0 saturated heterocycles. The summed E-state index contributed by atoms with van der Waals surface area (Å²) in [5.41, 5.74) is 7.40. The quantitative estimate of drug-likeness (QED) is 0.196. The zero-order valence-corrected chi connectivity index (χ0v) is 23.9. The van der Waals surface area contributed by atoms with Gasteiger partial charge in [-0.1, -0.05) is 146 Å². The SMILES string of the molecule is c1ccc(-c2cccc(-c3nc(-c4cccc(-c5ccccc5)c4)nc(-c4ccc5c(ccc6ccccc65)c4)n3)c2)cc1. The Morgan fingerprint density at radius 1 is 0.250 bits per heavy atom.